The number of benzene rings is 1. The summed E-state index contributed by atoms with van der Waals surface area (Å²) in [6, 6.07) is 7.87. The van der Waals surface area contributed by atoms with Gasteiger partial charge in [0, 0.05) is 14.2 Å². The molecule has 0 atom stereocenters. The Bertz CT molecular complexity index is 274. The van der Waals surface area contributed by atoms with E-state index < -0.39 is 0 Å². The number of rotatable bonds is 5. The second-order valence-electron chi connectivity index (χ2n) is 2.79. The van der Waals surface area contributed by atoms with Crippen LogP contribution in [0.5, 0.6) is 5.75 Å². The summed E-state index contributed by atoms with van der Waals surface area (Å²) in [5.41, 5.74) is 1.12. The zero-order valence-corrected chi connectivity index (χ0v) is 9.61. The Labute approximate surface area is 86.9 Å². The van der Waals surface area contributed by atoms with Gasteiger partial charge in [-0.2, -0.15) is 0 Å². The molecule has 0 N–H and O–H groups in total. The minimum absolute atomic E-state index is 0.153. The molecule has 14 heavy (non-hydrogen) atoms. The molecule has 0 aliphatic carbocycles. The molecular weight excluding hydrogens is 196 g/mol. The molecule has 1 aromatic rings. The molecule has 0 aliphatic rings. The number of aryl methyl sites for hydroxylation is 1. The van der Waals surface area contributed by atoms with Gasteiger partial charge in [0.1, 0.15) is 5.75 Å². The maximum Gasteiger partial charge on any atom is 0.376 e. The second-order valence-corrected chi connectivity index (χ2v) is 3.70. The van der Waals surface area contributed by atoms with Crippen LogP contribution in [0, 0.1) is 6.92 Å². The smallest absolute Gasteiger partial charge is 0.376 e. The van der Waals surface area contributed by atoms with Crippen LogP contribution < -0.4 is 4.43 Å². The van der Waals surface area contributed by atoms with E-state index in [-0.39, 0.29) is 15.7 Å². The molecule has 0 aromatic heterocycles. The van der Waals surface area contributed by atoms with Crippen LogP contribution in [0.3, 0.4) is 0 Å². The zero-order valence-electron chi connectivity index (χ0n) is 8.61. The van der Waals surface area contributed by atoms with Gasteiger partial charge in [0.05, 0.1) is 0 Å². The van der Waals surface area contributed by atoms with Crippen molar-refractivity contribution in [2.45, 2.75) is 12.8 Å². The van der Waals surface area contributed by atoms with Gasteiger partial charge in [-0.25, -0.2) is 0 Å². The van der Waals surface area contributed by atoms with E-state index in [1.165, 1.54) is 0 Å². The summed E-state index contributed by atoms with van der Waals surface area (Å²) in [4.78, 5) is 0. The SMILES string of the molecule is COC(OC)[Si]Oc1ccccc1C. The largest absolute Gasteiger partial charge is 0.535 e. The molecule has 0 fully saturated rings. The molecule has 0 saturated heterocycles. The van der Waals surface area contributed by atoms with Crippen molar-refractivity contribution >= 4 is 9.76 Å². The molecule has 0 bridgehead atoms. The Morgan fingerprint density at radius 3 is 2.36 bits per heavy atom. The van der Waals surface area contributed by atoms with Crippen molar-refractivity contribution in [1.82, 2.24) is 0 Å². The first kappa shape index (κ1) is 11.2. The summed E-state index contributed by atoms with van der Waals surface area (Å²) in [7, 11) is 3.35. The minimum Gasteiger partial charge on any atom is -0.535 e. The van der Waals surface area contributed by atoms with E-state index in [4.69, 9.17) is 13.9 Å². The molecule has 76 valence electrons. The van der Waals surface area contributed by atoms with Crippen LogP contribution in [0.1, 0.15) is 5.56 Å². The quantitative estimate of drug-likeness (QED) is 0.545. The lowest BCUT2D eigenvalue weighted by molar-refractivity contribution is -0.0492. The third-order valence-corrected chi connectivity index (χ3v) is 2.79. The van der Waals surface area contributed by atoms with Gasteiger partial charge in [0.25, 0.3) is 0 Å². The molecule has 0 aliphatic heterocycles. The second kappa shape index (κ2) is 5.80. The Morgan fingerprint density at radius 2 is 1.79 bits per heavy atom. The van der Waals surface area contributed by atoms with Crippen molar-refractivity contribution in [3.8, 4) is 5.75 Å². The predicted octanol–water partition coefficient (Wildman–Crippen LogP) is 1.57. The lowest BCUT2D eigenvalue weighted by Crippen LogP contribution is -2.26. The van der Waals surface area contributed by atoms with Crippen LogP contribution in [-0.2, 0) is 9.47 Å². The average Bonchev–Trinajstić information content (AvgIpc) is 2.22. The van der Waals surface area contributed by atoms with E-state index >= 15 is 0 Å². The summed E-state index contributed by atoms with van der Waals surface area (Å²) in [5.74, 6) is 0.597. The Hall–Kier alpha value is -0.843. The van der Waals surface area contributed by atoms with Gasteiger partial charge in [-0.05, 0) is 18.6 Å². The standard InChI is InChI=1S/C10H14O3Si/c1-8-6-4-5-7-9(8)13-14-10(11-2)12-3/h4-7,10H,1-3H3. The average molecular weight is 210 g/mol. The van der Waals surface area contributed by atoms with E-state index in [0.717, 1.165) is 11.3 Å². The molecule has 0 amide bonds. The fourth-order valence-corrected chi connectivity index (χ4v) is 1.62. The summed E-state index contributed by atoms with van der Waals surface area (Å²) in [5, 5.41) is 0. The predicted molar refractivity (Wildman–Crippen MR) is 55.4 cm³/mol. The van der Waals surface area contributed by atoms with E-state index in [2.05, 4.69) is 0 Å². The van der Waals surface area contributed by atoms with Crippen LogP contribution in [0.25, 0.3) is 0 Å². The van der Waals surface area contributed by atoms with E-state index in [0.29, 0.717) is 0 Å². The van der Waals surface area contributed by atoms with Crippen molar-refractivity contribution < 1.29 is 13.9 Å². The monoisotopic (exact) mass is 210 g/mol. The maximum atomic E-state index is 5.56. The molecule has 0 unspecified atom stereocenters. The van der Waals surface area contributed by atoms with Crippen molar-refractivity contribution in [3.05, 3.63) is 29.8 Å². The highest BCUT2D eigenvalue weighted by atomic mass is 28.2. The highest BCUT2D eigenvalue weighted by molar-refractivity contribution is 6.29. The number of hydrogen-bond donors (Lipinski definition) is 0. The minimum atomic E-state index is -0.283. The number of para-hydroxylation sites is 1. The van der Waals surface area contributed by atoms with Crippen molar-refractivity contribution in [2.24, 2.45) is 0 Å². The van der Waals surface area contributed by atoms with Gasteiger partial charge >= 0.3 is 9.76 Å². The van der Waals surface area contributed by atoms with Crippen LogP contribution in [0.15, 0.2) is 24.3 Å². The topological polar surface area (TPSA) is 27.7 Å². The molecule has 2 radical (unpaired) electrons. The zero-order chi connectivity index (χ0) is 10.4. The van der Waals surface area contributed by atoms with Crippen LogP contribution in [0.4, 0.5) is 0 Å². The Morgan fingerprint density at radius 1 is 1.14 bits per heavy atom. The highest BCUT2D eigenvalue weighted by Gasteiger charge is 2.10. The molecule has 1 rings (SSSR count). The first-order valence-corrected chi connectivity index (χ1v) is 5.30. The summed E-state index contributed by atoms with van der Waals surface area (Å²) in [6.07, 6.45) is 0. The van der Waals surface area contributed by atoms with Crippen LogP contribution in [-0.4, -0.2) is 29.9 Å². The van der Waals surface area contributed by atoms with E-state index in [1.807, 2.05) is 31.2 Å². The Balaban J connectivity index is 2.49. The molecular formula is C10H14O3Si. The van der Waals surface area contributed by atoms with Crippen molar-refractivity contribution in [2.75, 3.05) is 14.2 Å². The summed E-state index contributed by atoms with van der Waals surface area (Å²) in [6.45, 7) is 2.01. The first-order chi connectivity index (χ1) is 6.77. The van der Waals surface area contributed by atoms with Gasteiger partial charge in [-0.3, -0.25) is 0 Å². The molecule has 0 spiro atoms. The van der Waals surface area contributed by atoms with Gasteiger partial charge in [-0.15, -0.1) is 0 Å². The molecule has 4 heteroatoms. The van der Waals surface area contributed by atoms with Gasteiger partial charge in [-0.1, -0.05) is 18.2 Å². The molecule has 1 aromatic carbocycles. The molecule has 0 saturated carbocycles. The van der Waals surface area contributed by atoms with Gasteiger partial charge in [0.2, 0.25) is 0 Å². The maximum absolute atomic E-state index is 5.56. The van der Waals surface area contributed by atoms with Crippen molar-refractivity contribution in [3.63, 3.8) is 0 Å². The van der Waals surface area contributed by atoms with E-state index in [9.17, 15) is 0 Å². The number of methoxy groups -OCH3 is 2. The lowest BCUT2D eigenvalue weighted by Gasteiger charge is -2.13. The van der Waals surface area contributed by atoms with E-state index in [1.54, 1.807) is 14.2 Å². The first-order valence-electron chi connectivity index (χ1n) is 4.31. The normalized spacial score (nSPS) is 10.6. The summed E-state index contributed by atoms with van der Waals surface area (Å²) < 4.78 is 15.6. The third kappa shape index (κ3) is 3.14. The van der Waals surface area contributed by atoms with Crippen LogP contribution >= 0.6 is 0 Å². The fraction of sp³-hybridized carbons (Fsp3) is 0.400. The Kier molecular flexibility index (Phi) is 4.65. The fourth-order valence-electron chi connectivity index (χ4n) is 0.975. The summed E-state index contributed by atoms with van der Waals surface area (Å²) >= 11 is 0. The highest BCUT2D eigenvalue weighted by Crippen LogP contribution is 2.15. The number of hydrogen-bond acceptors (Lipinski definition) is 3. The lowest BCUT2D eigenvalue weighted by atomic mass is 10.2. The van der Waals surface area contributed by atoms with Crippen LogP contribution in [0.2, 0.25) is 0 Å². The number of ether oxygens (including phenoxy) is 2. The molecule has 0 heterocycles. The molecule has 3 nitrogen and oxygen atoms in total. The van der Waals surface area contributed by atoms with Gasteiger partial charge < -0.3 is 13.9 Å². The third-order valence-electron chi connectivity index (χ3n) is 1.79. The van der Waals surface area contributed by atoms with Crippen molar-refractivity contribution in [1.29, 1.82) is 0 Å². The van der Waals surface area contributed by atoms with Gasteiger partial charge in [0.15, 0.2) is 5.91 Å².